The first-order valence-electron chi connectivity index (χ1n) is 10.4. The highest BCUT2D eigenvalue weighted by Gasteiger charge is 2.36. The highest BCUT2D eigenvalue weighted by Crippen LogP contribution is 2.32. The molecule has 1 aromatic carbocycles. The minimum absolute atomic E-state index is 0.0769. The van der Waals surface area contributed by atoms with Gasteiger partial charge in [0.1, 0.15) is 11.6 Å². The second kappa shape index (κ2) is 8.42. The summed E-state index contributed by atoms with van der Waals surface area (Å²) >= 11 is 0. The predicted molar refractivity (Wildman–Crippen MR) is 110 cm³/mol. The lowest BCUT2D eigenvalue weighted by Crippen LogP contribution is -2.32. The normalized spacial score (nSPS) is 19.2. The van der Waals surface area contributed by atoms with Gasteiger partial charge in [-0.25, -0.2) is 9.37 Å². The number of hydrogen-bond donors (Lipinski definition) is 0. The average molecular weight is 412 g/mol. The van der Waals surface area contributed by atoms with Crippen molar-refractivity contribution in [3.63, 3.8) is 0 Å². The number of hydrogen-bond acceptors (Lipinski definition) is 5. The van der Waals surface area contributed by atoms with Crippen molar-refractivity contribution in [3.8, 4) is 11.6 Å². The van der Waals surface area contributed by atoms with Crippen molar-refractivity contribution in [2.24, 2.45) is 5.92 Å². The Morgan fingerprint density at radius 3 is 2.83 bits per heavy atom. The number of halogens is 1. The second-order valence-corrected chi connectivity index (χ2v) is 7.92. The van der Waals surface area contributed by atoms with Gasteiger partial charge in [-0.05, 0) is 36.1 Å². The summed E-state index contributed by atoms with van der Waals surface area (Å²) in [6.07, 6.45) is 3.10. The van der Waals surface area contributed by atoms with Crippen LogP contribution in [-0.4, -0.2) is 35.9 Å². The van der Waals surface area contributed by atoms with E-state index in [9.17, 15) is 14.0 Å². The number of ether oxygens (including phenoxy) is 2. The topological polar surface area (TPSA) is 68.7 Å². The van der Waals surface area contributed by atoms with Gasteiger partial charge in [-0.1, -0.05) is 20.3 Å². The van der Waals surface area contributed by atoms with Gasteiger partial charge in [0, 0.05) is 36.7 Å². The Kier molecular flexibility index (Phi) is 5.70. The number of ketones is 1. The Morgan fingerprint density at radius 2 is 2.10 bits per heavy atom. The fourth-order valence-corrected chi connectivity index (χ4v) is 3.71. The van der Waals surface area contributed by atoms with E-state index in [2.05, 4.69) is 18.8 Å². The van der Waals surface area contributed by atoms with E-state index in [-0.39, 0.29) is 11.7 Å². The van der Waals surface area contributed by atoms with Gasteiger partial charge in [0.25, 0.3) is 5.91 Å². The van der Waals surface area contributed by atoms with E-state index in [1.165, 1.54) is 17.2 Å². The molecule has 7 heteroatoms. The number of anilines is 1. The van der Waals surface area contributed by atoms with Crippen LogP contribution in [0.4, 0.5) is 10.1 Å². The molecule has 1 fully saturated rings. The summed E-state index contributed by atoms with van der Waals surface area (Å²) in [6.45, 7) is 5.21. The molecule has 6 nitrogen and oxygen atoms in total. The Balaban J connectivity index is 1.41. The lowest BCUT2D eigenvalue weighted by Gasteiger charge is -2.18. The predicted octanol–water partition coefficient (Wildman–Crippen LogP) is 3.96. The first-order valence-corrected chi connectivity index (χ1v) is 10.4. The van der Waals surface area contributed by atoms with Gasteiger partial charge in [0.15, 0.2) is 11.9 Å². The fraction of sp³-hybridized carbons (Fsp3) is 0.435. The van der Waals surface area contributed by atoms with Gasteiger partial charge < -0.3 is 14.4 Å². The number of fused-ring (bicyclic) bond motifs is 1. The monoisotopic (exact) mass is 412 g/mol. The maximum atomic E-state index is 14.4. The molecule has 1 aromatic heterocycles. The van der Waals surface area contributed by atoms with Crippen LogP contribution in [0.2, 0.25) is 0 Å². The van der Waals surface area contributed by atoms with Crippen LogP contribution < -0.4 is 14.4 Å². The van der Waals surface area contributed by atoms with Gasteiger partial charge in [-0.3, -0.25) is 9.59 Å². The summed E-state index contributed by atoms with van der Waals surface area (Å²) in [7, 11) is 0. The summed E-state index contributed by atoms with van der Waals surface area (Å²) in [5, 5.41) is 0. The molecule has 4 rings (SSSR count). The van der Waals surface area contributed by atoms with Crippen LogP contribution in [0.5, 0.6) is 11.6 Å². The van der Waals surface area contributed by atoms with E-state index in [0.29, 0.717) is 66.8 Å². The van der Waals surface area contributed by atoms with Crippen LogP contribution >= 0.6 is 0 Å². The molecule has 1 aliphatic carbocycles. The van der Waals surface area contributed by atoms with Crippen molar-refractivity contribution in [1.29, 1.82) is 0 Å². The molecule has 0 radical (unpaired) electrons. The third-order valence-electron chi connectivity index (χ3n) is 5.75. The molecule has 2 atom stereocenters. The summed E-state index contributed by atoms with van der Waals surface area (Å²) in [5.41, 5.74) is 1.24. The van der Waals surface area contributed by atoms with E-state index in [0.717, 1.165) is 6.42 Å². The number of benzene rings is 1. The molecule has 0 N–H and O–H groups in total. The minimum Gasteiger partial charge on any atom is -0.479 e. The zero-order valence-corrected chi connectivity index (χ0v) is 17.2. The Labute approximate surface area is 175 Å². The largest absolute Gasteiger partial charge is 0.479 e. The second-order valence-electron chi connectivity index (χ2n) is 7.92. The highest BCUT2D eigenvalue weighted by molar-refractivity contribution is 6.04. The maximum absolute atomic E-state index is 14.4. The third-order valence-corrected chi connectivity index (χ3v) is 5.75. The molecular weight excluding hydrogens is 387 g/mol. The molecule has 1 aliphatic heterocycles. The quantitative estimate of drug-likeness (QED) is 0.689. The lowest BCUT2D eigenvalue weighted by atomic mass is 10.1. The summed E-state index contributed by atoms with van der Waals surface area (Å²) in [5.74, 6) is 0.678. The van der Waals surface area contributed by atoms with Gasteiger partial charge in [0.05, 0.1) is 12.8 Å². The Morgan fingerprint density at radius 1 is 1.27 bits per heavy atom. The molecule has 0 saturated carbocycles. The zero-order valence-electron chi connectivity index (χ0n) is 17.2. The number of pyridine rings is 1. The highest BCUT2D eigenvalue weighted by atomic mass is 19.1. The minimum atomic E-state index is -0.675. The van der Waals surface area contributed by atoms with E-state index in [4.69, 9.17) is 9.47 Å². The van der Waals surface area contributed by atoms with Crippen LogP contribution in [0.25, 0.3) is 0 Å². The zero-order chi connectivity index (χ0) is 21.3. The molecule has 1 amide bonds. The number of carbonyl (C=O) groups is 2. The van der Waals surface area contributed by atoms with E-state index in [1.807, 2.05) is 0 Å². The molecule has 2 aromatic rings. The van der Waals surface area contributed by atoms with Crippen molar-refractivity contribution in [3.05, 3.63) is 47.4 Å². The van der Waals surface area contributed by atoms with Gasteiger partial charge in [0.2, 0.25) is 5.88 Å². The molecule has 30 heavy (non-hydrogen) atoms. The standard InChI is InChI=1S/C23H25FN2O4/c1-3-14(2)13-29-22-7-4-16(12-25-22)30-21-8-9-26(23(21)28)15-10-18-17(19(24)11-15)5-6-20(18)27/h4,7,10-12,14,21H,3,5-6,8-9,13H2,1-2H3. The molecule has 158 valence electrons. The van der Waals surface area contributed by atoms with E-state index in [1.54, 1.807) is 18.2 Å². The van der Waals surface area contributed by atoms with Crippen molar-refractivity contribution in [2.45, 2.75) is 45.6 Å². The van der Waals surface area contributed by atoms with Crippen LogP contribution in [0.1, 0.15) is 49.0 Å². The molecular formula is C23H25FN2O4. The molecule has 0 bridgehead atoms. The number of carbonyl (C=O) groups excluding carboxylic acids is 2. The molecule has 2 unspecified atom stereocenters. The number of amides is 1. The SMILES string of the molecule is CCC(C)COc1ccc(OC2CCN(c3cc(F)c4c(c3)C(=O)CC4)C2=O)cn1. The molecule has 1 saturated heterocycles. The first kappa shape index (κ1) is 20.3. The van der Waals surface area contributed by atoms with Crippen LogP contribution in [0, 0.1) is 11.7 Å². The van der Waals surface area contributed by atoms with Gasteiger partial charge in [-0.15, -0.1) is 0 Å². The van der Waals surface area contributed by atoms with Crippen LogP contribution in [0.15, 0.2) is 30.5 Å². The average Bonchev–Trinajstić information content (AvgIpc) is 3.30. The summed E-state index contributed by atoms with van der Waals surface area (Å²) in [4.78, 5) is 30.5. The summed E-state index contributed by atoms with van der Waals surface area (Å²) in [6, 6.07) is 6.40. The lowest BCUT2D eigenvalue weighted by molar-refractivity contribution is -0.122. The van der Waals surface area contributed by atoms with Crippen LogP contribution in [0.3, 0.4) is 0 Å². The van der Waals surface area contributed by atoms with Gasteiger partial charge >= 0.3 is 0 Å². The summed E-state index contributed by atoms with van der Waals surface area (Å²) < 4.78 is 25.8. The van der Waals surface area contributed by atoms with Gasteiger partial charge in [-0.2, -0.15) is 0 Å². The van der Waals surface area contributed by atoms with Crippen molar-refractivity contribution in [2.75, 3.05) is 18.1 Å². The van der Waals surface area contributed by atoms with Crippen molar-refractivity contribution < 1.29 is 23.5 Å². The molecule has 2 heterocycles. The number of aromatic nitrogens is 1. The Hall–Kier alpha value is -2.96. The van der Waals surface area contributed by atoms with E-state index >= 15 is 0 Å². The fourth-order valence-electron chi connectivity index (χ4n) is 3.71. The number of nitrogens with zero attached hydrogens (tertiary/aromatic N) is 2. The first-order chi connectivity index (χ1) is 14.5. The third kappa shape index (κ3) is 4.01. The van der Waals surface area contributed by atoms with Crippen LogP contribution in [-0.2, 0) is 11.2 Å². The molecule has 0 spiro atoms. The number of Topliss-reactive ketones (excluding diaryl/α,β-unsaturated/α-hetero) is 1. The number of rotatable bonds is 7. The smallest absolute Gasteiger partial charge is 0.268 e. The van der Waals surface area contributed by atoms with Crippen molar-refractivity contribution in [1.82, 2.24) is 4.98 Å². The Bertz CT molecular complexity index is 960. The van der Waals surface area contributed by atoms with Crippen molar-refractivity contribution >= 4 is 17.4 Å². The van der Waals surface area contributed by atoms with E-state index < -0.39 is 11.9 Å². The maximum Gasteiger partial charge on any atom is 0.268 e. The molecule has 2 aliphatic rings.